The van der Waals surface area contributed by atoms with Crippen molar-refractivity contribution in [2.24, 2.45) is 5.92 Å². The Morgan fingerprint density at radius 2 is 2.00 bits per heavy atom. The molecule has 132 valence electrons. The monoisotopic (exact) mass is 377 g/mol. The molecule has 0 saturated carbocycles. The van der Waals surface area contributed by atoms with Crippen molar-refractivity contribution >= 4 is 27.4 Å². The molecule has 0 bridgehead atoms. The predicted molar refractivity (Wildman–Crippen MR) is 98.4 cm³/mol. The molecule has 2 saturated heterocycles. The van der Waals surface area contributed by atoms with Crippen molar-refractivity contribution in [2.75, 3.05) is 24.5 Å². The summed E-state index contributed by atoms with van der Waals surface area (Å²) in [4.78, 5) is 6.90. The van der Waals surface area contributed by atoms with E-state index in [4.69, 9.17) is 11.6 Å². The number of nitrogens with zero attached hydrogens (tertiary/aromatic N) is 3. The van der Waals surface area contributed by atoms with Gasteiger partial charge >= 0.3 is 0 Å². The molecule has 2 aliphatic heterocycles. The standard InChI is InChI=1S/C18H20ClN3O2S/c1-13-15(19)5-4-6-17(13)25(23,24)22-10-8-14-11-21(12-16(14)22)18-7-2-3-9-20-18/h2-7,9,14,16H,8,10-12H2,1H3. The van der Waals surface area contributed by atoms with Crippen molar-refractivity contribution in [3.8, 4) is 0 Å². The summed E-state index contributed by atoms with van der Waals surface area (Å²) in [6, 6.07) is 10.9. The summed E-state index contributed by atoms with van der Waals surface area (Å²) >= 11 is 6.14. The molecule has 0 aliphatic carbocycles. The van der Waals surface area contributed by atoms with Crippen molar-refractivity contribution in [3.63, 3.8) is 0 Å². The Bertz CT molecular complexity index is 888. The number of anilines is 1. The van der Waals surface area contributed by atoms with Gasteiger partial charge in [-0.15, -0.1) is 0 Å². The van der Waals surface area contributed by atoms with Crippen LogP contribution in [0.3, 0.4) is 0 Å². The number of aromatic nitrogens is 1. The lowest BCUT2D eigenvalue weighted by atomic mass is 10.1. The highest BCUT2D eigenvalue weighted by atomic mass is 35.5. The molecule has 2 fully saturated rings. The fourth-order valence-electron chi connectivity index (χ4n) is 3.94. The van der Waals surface area contributed by atoms with E-state index in [9.17, 15) is 8.42 Å². The van der Waals surface area contributed by atoms with E-state index in [1.54, 1.807) is 35.6 Å². The van der Waals surface area contributed by atoms with Gasteiger partial charge < -0.3 is 4.90 Å². The van der Waals surface area contributed by atoms with Crippen LogP contribution in [0.25, 0.3) is 0 Å². The second-order valence-electron chi connectivity index (χ2n) is 6.69. The molecule has 5 nitrogen and oxygen atoms in total. The topological polar surface area (TPSA) is 53.5 Å². The molecule has 25 heavy (non-hydrogen) atoms. The average Bonchev–Trinajstić information content (AvgIpc) is 3.18. The molecule has 2 unspecified atom stereocenters. The zero-order chi connectivity index (χ0) is 17.6. The zero-order valence-electron chi connectivity index (χ0n) is 14.0. The van der Waals surface area contributed by atoms with Crippen LogP contribution in [0.4, 0.5) is 5.82 Å². The van der Waals surface area contributed by atoms with Crippen LogP contribution in [0.2, 0.25) is 5.02 Å². The molecule has 3 heterocycles. The van der Waals surface area contributed by atoms with Crippen LogP contribution in [-0.4, -0.2) is 43.4 Å². The Balaban J connectivity index is 1.63. The number of hydrogen-bond acceptors (Lipinski definition) is 4. The maximum absolute atomic E-state index is 13.2. The van der Waals surface area contributed by atoms with Crippen molar-refractivity contribution in [3.05, 3.63) is 53.2 Å². The number of pyridine rings is 1. The summed E-state index contributed by atoms with van der Waals surface area (Å²) < 4.78 is 28.1. The van der Waals surface area contributed by atoms with E-state index < -0.39 is 10.0 Å². The van der Waals surface area contributed by atoms with E-state index >= 15 is 0 Å². The molecule has 0 amide bonds. The van der Waals surface area contributed by atoms with Crippen molar-refractivity contribution in [1.82, 2.24) is 9.29 Å². The van der Waals surface area contributed by atoms with Gasteiger partial charge in [-0.05, 0) is 49.1 Å². The number of rotatable bonds is 3. The lowest BCUT2D eigenvalue weighted by Crippen LogP contribution is -2.40. The van der Waals surface area contributed by atoms with Crippen LogP contribution in [0.15, 0.2) is 47.5 Å². The largest absolute Gasteiger partial charge is 0.355 e. The normalized spacial score (nSPS) is 23.8. The second kappa shape index (κ2) is 6.27. The fraction of sp³-hybridized carbons (Fsp3) is 0.389. The van der Waals surface area contributed by atoms with Gasteiger partial charge in [-0.1, -0.05) is 23.7 Å². The van der Waals surface area contributed by atoms with Crippen molar-refractivity contribution in [2.45, 2.75) is 24.3 Å². The predicted octanol–water partition coefficient (Wildman–Crippen LogP) is 2.94. The van der Waals surface area contributed by atoms with Crippen LogP contribution < -0.4 is 4.90 Å². The molecule has 7 heteroatoms. The summed E-state index contributed by atoms with van der Waals surface area (Å²) in [7, 11) is -3.55. The van der Waals surface area contributed by atoms with E-state index in [0.29, 0.717) is 34.5 Å². The molecule has 1 aromatic carbocycles. The van der Waals surface area contributed by atoms with Crippen molar-refractivity contribution in [1.29, 1.82) is 0 Å². The summed E-state index contributed by atoms with van der Waals surface area (Å²) in [5, 5.41) is 0.485. The number of halogens is 1. The molecule has 0 N–H and O–H groups in total. The average molecular weight is 378 g/mol. The van der Waals surface area contributed by atoms with Crippen LogP contribution in [0, 0.1) is 12.8 Å². The maximum Gasteiger partial charge on any atom is 0.243 e. The van der Waals surface area contributed by atoms with Gasteiger partial charge in [-0.25, -0.2) is 13.4 Å². The first-order valence-electron chi connectivity index (χ1n) is 8.41. The molecule has 2 aliphatic rings. The van der Waals surface area contributed by atoms with Crippen LogP contribution in [-0.2, 0) is 10.0 Å². The minimum Gasteiger partial charge on any atom is -0.355 e. The highest BCUT2D eigenvalue weighted by molar-refractivity contribution is 7.89. The summed E-state index contributed by atoms with van der Waals surface area (Å²) in [6.07, 6.45) is 2.65. The van der Waals surface area contributed by atoms with E-state index in [0.717, 1.165) is 18.8 Å². The first-order valence-corrected chi connectivity index (χ1v) is 10.2. The fourth-order valence-corrected chi connectivity index (χ4v) is 6.11. The Morgan fingerprint density at radius 1 is 1.16 bits per heavy atom. The third-order valence-corrected chi connectivity index (χ3v) is 7.75. The van der Waals surface area contributed by atoms with Gasteiger partial charge in [0.25, 0.3) is 0 Å². The van der Waals surface area contributed by atoms with Gasteiger partial charge in [0.05, 0.1) is 4.90 Å². The number of fused-ring (bicyclic) bond motifs is 1. The summed E-state index contributed by atoms with van der Waals surface area (Å²) in [5.41, 5.74) is 0.618. The van der Waals surface area contributed by atoms with Crippen LogP contribution in [0.5, 0.6) is 0 Å². The second-order valence-corrected chi connectivity index (χ2v) is 8.95. The van der Waals surface area contributed by atoms with Crippen molar-refractivity contribution < 1.29 is 8.42 Å². The Morgan fingerprint density at radius 3 is 2.76 bits per heavy atom. The van der Waals surface area contributed by atoms with Crippen LogP contribution in [0.1, 0.15) is 12.0 Å². The van der Waals surface area contributed by atoms with Gasteiger partial charge in [-0.2, -0.15) is 4.31 Å². The lowest BCUT2D eigenvalue weighted by molar-refractivity contribution is 0.384. The molecule has 2 aromatic rings. The third-order valence-electron chi connectivity index (χ3n) is 5.27. The molecule has 0 spiro atoms. The first kappa shape index (κ1) is 16.8. The van der Waals surface area contributed by atoms with Gasteiger partial charge in [0.1, 0.15) is 5.82 Å². The smallest absolute Gasteiger partial charge is 0.243 e. The molecule has 2 atom stereocenters. The Kier molecular flexibility index (Phi) is 4.22. The maximum atomic E-state index is 13.2. The quantitative estimate of drug-likeness (QED) is 0.825. The number of hydrogen-bond donors (Lipinski definition) is 0. The molecule has 1 aromatic heterocycles. The molecular weight excluding hydrogens is 358 g/mol. The van der Waals surface area contributed by atoms with Gasteiger partial charge in [0, 0.05) is 36.9 Å². The number of sulfonamides is 1. The van der Waals surface area contributed by atoms with Gasteiger partial charge in [-0.3, -0.25) is 0 Å². The Labute approximate surface area is 153 Å². The highest BCUT2D eigenvalue weighted by Gasteiger charge is 2.47. The van der Waals surface area contributed by atoms with E-state index in [-0.39, 0.29) is 6.04 Å². The van der Waals surface area contributed by atoms with E-state index in [1.807, 2.05) is 18.2 Å². The minimum absolute atomic E-state index is 0.00890. The lowest BCUT2D eigenvalue weighted by Gasteiger charge is -2.25. The highest BCUT2D eigenvalue weighted by Crippen LogP contribution is 2.37. The summed E-state index contributed by atoms with van der Waals surface area (Å²) in [6.45, 7) is 3.86. The van der Waals surface area contributed by atoms with Gasteiger partial charge in [0.2, 0.25) is 10.0 Å². The Hall–Kier alpha value is -1.63. The van der Waals surface area contributed by atoms with Crippen LogP contribution >= 0.6 is 11.6 Å². The molecule has 0 radical (unpaired) electrons. The summed E-state index contributed by atoms with van der Waals surface area (Å²) in [5.74, 6) is 1.25. The van der Waals surface area contributed by atoms with Gasteiger partial charge in [0.15, 0.2) is 0 Å². The van der Waals surface area contributed by atoms with E-state index in [2.05, 4.69) is 9.88 Å². The molecular formula is C18H20ClN3O2S. The van der Waals surface area contributed by atoms with E-state index in [1.165, 1.54) is 0 Å². The number of benzene rings is 1. The third kappa shape index (κ3) is 2.82. The SMILES string of the molecule is Cc1c(Cl)cccc1S(=O)(=O)N1CCC2CN(c3ccccn3)CC21. The minimum atomic E-state index is -3.55. The first-order chi connectivity index (χ1) is 12.0. The zero-order valence-corrected chi connectivity index (χ0v) is 15.5. The molecule has 4 rings (SSSR count).